The zero-order valence-electron chi connectivity index (χ0n) is 9.88. The molecule has 0 atom stereocenters. The van der Waals surface area contributed by atoms with Crippen LogP contribution >= 0.6 is 0 Å². The van der Waals surface area contributed by atoms with E-state index in [1.165, 1.54) is 36.4 Å². The van der Waals surface area contributed by atoms with Crippen molar-refractivity contribution in [1.82, 2.24) is 0 Å². The number of ether oxygens (including phenoxy) is 1. The molecule has 2 N–H and O–H groups in total. The number of para-hydroxylation sites is 1. The van der Waals surface area contributed by atoms with Crippen molar-refractivity contribution in [2.24, 2.45) is 5.73 Å². The number of non-ortho nitro benzene ring substituents is 1. The highest BCUT2D eigenvalue weighted by Crippen LogP contribution is 2.29. The van der Waals surface area contributed by atoms with Gasteiger partial charge in [-0.3, -0.25) is 10.1 Å². The standard InChI is InChI=1S/C13H11FN2O3/c14-12-6-1-3-9(8-15)13(12)19-11-5-2-4-10(7-11)16(17)18/h1-7H,8,15H2. The van der Waals surface area contributed by atoms with Gasteiger partial charge in [-0.25, -0.2) is 4.39 Å². The molecule has 0 aliphatic carbocycles. The van der Waals surface area contributed by atoms with Gasteiger partial charge in [-0.05, 0) is 12.1 Å². The Morgan fingerprint density at radius 1 is 1.26 bits per heavy atom. The molecule has 0 amide bonds. The van der Waals surface area contributed by atoms with Gasteiger partial charge in [-0.1, -0.05) is 18.2 Å². The van der Waals surface area contributed by atoms with Gasteiger partial charge in [0.05, 0.1) is 11.0 Å². The fraction of sp³-hybridized carbons (Fsp3) is 0.0769. The Balaban J connectivity index is 2.36. The van der Waals surface area contributed by atoms with Gasteiger partial charge in [0.1, 0.15) is 5.75 Å². The van der Waals surface area contributed by atoms with Gasteiger partial charge in [0.2, 0.25) is 0 Å². The van der Waals surface area contributed by atoms with Crippen LogP contribution in [0, 0.1) is 15.9 Å². The lowest BCUT2D eigenvalue weighted by molar-refractivity contribution is -0.384. The Morgan fingerprint density at radius 3 is 2.68 bits per heavy atom. The predicted molar refractivity (Wildman–Crippen MR) is 67.5 cm³/mol. The highest BCUT2D eigenvalue weighted by atomic mass is 19.1. The summed E-state index contributed by atoms with van der Waals surface area (Å²) in [6.07, 6.45) is 0. The van der Waals surface area contributed by atoms with Gasteiger partial charge in [0.15, 0.2) is 11.6 Å². The average Bonchev–Trinajstić information content (AvgIpc) is 2.41. The van der Waals surface area contributed by atoms with Crippen LogP contribution in [0.4, 0.5) is 10.1 Å². The molecule has 0 unspecified atom stereocenters. The third kappa shape index (κ3) is 2.86. The maximum Gasteiger partial charge on any atom is 0.273 e. The summed E-state index contributed by atoms with van der Waals surface area (Å²) in [5.41, 5.74) is 5.87. The Bertz CT molecular complexity index is 617. The monoisotopic (exact) mass is 262 g/mol. The number of nitro groups is 1. The summed E-state index contributed by atoms with van der Waals surface area (Å²) in [5, 5.41) is 10.7. The van der Waals surface area contributed by atoms with E-state index in [1.54, 1.807) is 6.07 Å². The van der Waals surface area contributed by atoms with Crippen LogP contribution in [-0.2, 0) is 6.54 Å². The predicted octanol–water partition coefficient (Wildman–Crippen LogP) is 2.98. The second-order valence-electron chi connectivity index (χ2n) is 3.79. The summed E-state index contributed by atoms with van der Waals surface area (Å²) in [6.45, 7) is 0.113. The van der Waals surface area contributed by atoms with Crippen molar-refractivity contribution in [3.63, 3.8) is 0 Å². The van der Waals surface area contributed by atoms with Crippen LogP contribution in [0.1, 0.15) is 5.56 Å². The molecule has 0 bridgehead atoms. The molecule has 0 fully saturated rings. The molecular weight excluding hydrogens is 251 g/mol. The highest BCUT2D eigenvalue weighted by Gasteiger charge is 2.12. The van der Waals surface area contributed by atoms with Crippen molar-refractivity contribution in [2.75, 3.05) is 0 Å². The van der Waals surface area contributed by atoms with E-state index in [0.29, 0.717) is 5.56 Å². The van der Waals surface area contributed by atoms with Crippen LogP contribution in [0.15, 0.2) is 42.5 Å². The van der Waals surface area contributed by atoms with E-state index >= 15 is 0 Å². The first kappa shape index (κ1) is 13.0. The van der Waals surface area contributed by atoms with Crippen molar-refractivity contribution in [3.05, 3.63) is 64.0 Å². The van der Waals surface area contributed by atoms with Crippen LogP contribution in [0.2, 0.25) is 0 Å². The van der Waals surface area contributed by atoms with Gasteiger partial charge in [-0.2, -0.15) is 0 Å². The second kappa shape index (κ2) is 5.45. The SMILES string of the molecule is NCc1cccc(F)c1Oc1cccc([N+](=O)[O-])c1. The maximum atomic E-state index is 13.7. The second-order valence-corrected chi connectivity index (χ2v) is 3.79. The number of nitrogens with two attached hydrogens (primary N) is 1. The fourth-order valence-electron chi connectivity index (χ4n) is 1.61. The smallest absolute Gasteiger partial charge is 0.273 e. The molecule has 2 rings (SSSR count). The lowest BCUT2D eigenvalue weighted by Gasteiger charge is -2.10. The van der Waals surface area contributed by atoms with Crippen molar-refractivity contribution in [2.45, 2.75) is 6.54 Å². The van der Waals surface area contributed by atoms with Crippen molar-refractivity contribution in [3.8, 4) is 11.5 Å². The van der Waals surface area contributed by atoms with E-state index in [4.69, 9.17) is 10.5 Å². The molecule has 6 heteroatoms. The lowest BCUT2D eigenvalue weighted by Crippen LogP contribution is -2.01. The van der Waals surface area contributed by atoms with Crippen LogP contribution < -0.4 is 10.5 Å². The van der Waals surface area contributed by atoms with Gasteiger partial charge >= 0.3 is 0 Å². The highest BCUT2D eigenvalue weighted by molar-refractivity contribution is 5.43. The first-order valence-electron chi connectivity index (χ1n) is 5.51. The van der Waals surface area contributed by atoms with E-state index in [9.17, 15) is 14.5 Å². The topological polar surface area (TPSA) is 78.4 Å². The fourth-order valence-corrected chi connectivity index (χ4v) is 1.61. The average molecular weight is 262 g/mol. The molecule has 0 radical (unpaired) electrons. The number of benzene rings is 2. The summed E-state index contributed by atoms with van der Waals surface area (Å²) in [4.78, 5) is 10.1. The summed E-state index contributed by atoms with van der Waals surface area (Å²) < 4.78 is 19.0. The number of nitro benzene ring substituents is 1. The summed E-state index contributed by atoms with van der Waals surface area (Å²) >= 11 is 0. The first-order valence-corrected chi connectivity index (χ1v) is 5.51. The molecule has 5 nitrogen and oxygen atoms in total. The van der Waals surface area contributed by atoms with E-state index < -0.39 is 10.7 Å². The zero-order valence-corrected chi connectivity index (χ0v) is 9.88. The van der Waals surface area contributed by atoms with Crippen LogP contribution in [0.25, 0.3) is 0 Å². The van der Waals surface area contributed by atoms with Gasteiger partial charge in [0, 0.05) is 18.2 Å². The molecule has 2 aromatic rings. The molecule has 0 aliphatic heterocycles. The maximum absolute atomic E-state index is 13.7. The van der Waals surface area contributed by atoms with E-state index in [1.807, 2.05) is 0 Å². The normalized spacial score (nSPS) is 10.2. The Hall–Kier alpha value is -2.47. The van der Waals surface area contributed by atoms with Crippen molar-refractivity contribution in [1.29, 1.82) is 0 Å². The largest absolute Gasteiger partial charge is 0.454 e. The number of hydrogen-bond donors (Lipinski definition) is 1. The molecule has 0 aliphatic rings. The van der Waals surface area contributed by atoms with Gasteiger partial charge in [-0.15, -0.1) is 0 Å². The van der Waals surface area contributed by atoms with Crippen LogP contribution in [-0.4, -0.2) is 4.92 Å². The van der Waals surface area contributed by atoms with Crippen molar-refractivity contribution < 1.29 is 14.1 Å². The molecule has 0 aromatic heterocycles. The number of nitrogens with zero attached hydrogens (tertiary/aromatic N) is 1. The molecule has 0 saturated heterocycles. The molecule has 2 aromatic carbocycles. The number of halogens is 1. The first-order chi connectivity index (χ1) is 9.11. The number of rotatable bonds is 4. The minimum atomic E-state index is -0.561. The Labute approximate surface area is 108 Å². The molecule has 19 heavy (non-hydrogen) atoms. The minimum absolute atomic E-state index is 0.00880. The van der Waals surface area contributed by atoms with E-state index in [-0.39, 0.29) is 23.7 Å². The van der Waals surface area contributed by atoms with E-state index in [2.05, 4.69) is 0 Å². The molecule has 0 saturated carbocycles. The summed E-state index contributed by atoms with van der Waals surface area (Å²) in [5.74, 6) is -0.381. The van der Waals surface area contributed by atoms with Crippen LogP contribution in [0.3, 0.4) is 0 Å². The third-order valence-corrected chi connectivity index (χ3v) is 2.52. The van der Waals surface area contributed by atoms with Crippen LogP contribution in [0.5, 0.6) is 11.5 Å². The number of hydrogen-bond acceptors (Lipinski definition) is 4. The summed E-state index contributed by atoms with van der Waals surface area (Å²) in [6, 6.07) is 9.94. The van der Waals surface area contributed by atoms with Crippen molar-refractivity contribution >= 4 is 5.69 Å². The minimum Gasteiger partial charge on any atom is -0.454 e. The molecule has 0 spiro atoms. The third-order valence-electron chi connectivity index (χ3n) is 2.52. The Kier molecular flexibility index (Phi) is 3.72. The summed E-state index contributed by atoms with van der Waals surface area (Å²) in [7, 11) is 0. The van der Waals surface area contributed by atoms with E-state index in [0.717, 1.165) is 0 Å². The molecular formula is C13H11FN2O3. The quantitative estimate of drug-likeness (QED) is 0.678. The zero-order chi connectivity index (χ0) is 13.8. The Morgan fingerprint density at radius 2 is 2.00 bits per heavy atom. The lowest BCUT2D eigenvalue weighted by atomic mass is 10.2. The van der Waals surface area contributed by atoms with Gasteiger partial charge < -0.3 is 10.5 Å². The molecule has 98 valence electrons. The van der Waals surface area contributed by atoms with Gasteiger partial charge in [0.25, 0.3) is 5.69 Å². The molecule has 0 heterocycles.